The smallest absolute Gasteiger partial charge is 0.0558 e. The Morgan fingerprint density at radius 2 is 2.00 bits per heavy atom. The van der Waals surface area contributed by atoms with Gasteiger partial charge in [-0.3, -0.25) is 4.90 Å². The molecule has 0 atom stereocenters. The molecule has 2 rings (SSSR count). The highest BCUT2D eigenvalue weighted by Crippen LogP contribution is 2.29. The third-order valence-corrected chi connectivity index (χ3v) is 4.48. The van der Waals surface area contributed by atoms with Crippen molar-refractivity contribution in [3.8, 4) is 0 Å². The molecule has 1 aliphatic rings. The van der Waals surface area contributed by atoms with Crippen LogP contribution >= 0.6 is 11.8 Å². The van der Waals surface area contributed by atoms with Crippen molar-refractivity contribution < 1.29 is 5.11 Å². The predicted molar refractivity (Wildman–Crippen MR) is 81.9 cm³/mol. The van der Waals surface area contributed by atoms with Gasteiger partial charge in [0.05, 0.1) is 6.61 Å². The van der Waals surface area contributed by atoms with Gasteiger partial charge in [-0.15, -0.1) is 11.8 Å². The van der Waals surface area contributed by atoms with Gasteiger partial charge >= 0.3 is 0 Å². The maximum absolute atomic E-state index is 8.98. The lowest BCUT2D eigenvalue weighted by atomic mass is 10.1. The number of thioether (sulfide) groups is 1. The van der Waals surface area contributed by atoms with E-state index < -0.39 is 0 Å². The summed E-state index contributed by atoms with van der Waals surface area (Å²) in [7, 11) is 0. The van der Waals surface area contributed by atoms with Crippen LogP contribution in [-0.2, 0) is 6.54 Å². The van der Waals surface area contributed by atoms with Crippen LogP contribution in [0.5, 0.6) is 0 Å². The number of anilines is 1. The monoisotopic (exact) mass is 281 g/mol. The Morgan fingerprint density at radius 3 is 2.58 bits per heavy atom. The molecule has 1 heterocycles. The van der Waals surface area contributed by atoms with Crippen LogP contribution in [0.1, 0.15) is 5.56 Å². The van der Waals surface area contributed by atoms with Gasteiger partial charge in [-0.2, -0.15) is 0 Å². The summed E-state index contributed by atoms with van der Waals surface area (Å²) in [6.07, 6.45) is 2.09. The van der Waals surface area contributed by atoms with Crippen molar-refractivity contribution in [2.45, 2.75) is 11.4 Å². The second kappa shape index (κ2) is 7.14. The molecule has 1 aliphatic heterocycles. The van der Waals surface area contributed by atoms with E-state index >= 15 is 0 Å². The molecule has 0 spiro atoms. The molecule has 106 valence electrons. The lowest BCUT2D eigenvalue weighted by Crippen LogP contribution is -2.47. The van der Waals surface area contributed by atoms with E-state index in [4.69, 9.17) is 10.8 Å². The Kier molecular flexibility index (Phi) is 5.51. The number of nitrogens with zero attached hydrogens (tertiary/aromatic N) is 2. The zero-order valence-corrected chi connectivity index (χ0v) is 12.3. The molecule has 0 aromatic heterocycles. The molecule has 1 aromatic rings. The number of hydrogen-bond donors (Lipinski definition) is 2. The summed E-state index contributed by atoms with van der Waals surface area (Å²) in [6, 6.07) is 6.42. The fourth-order valence-corrected chi connectivity index (χ4v) is 3.25. The van der Waals surface area contributed by atoms with Crippen LogP contribution in [0.2, 0.25) is 0 Å². The minimum atomic E-state index is 0.246. The predicted octanol–water partition coefficient (Wildman–Crippen LogP) is 0.982. The first-order valence-corrected chi connectivity index (χ1v) is 7.96. The van der Waals surface area contributed by atoms with Gasteiger partial charge < -0.3 is 15.7 Å². The maximum atomic E-state index is 8.98. The molecular weight excluding hydrogens is 258 g/mol. The lowest BCUT2D eigenvalue weighted by molar-refractivity contribution is 0.188. The number of hydrogen-bond acceptors (Lipinski definition) is 5. The molecule has 0 aliphatic carbocycles. The van der Waals surface area contributed by atoms with E-state index in [1.54, 1.807) is 11.8 Å². The number of piperazine rings is 1. The van der Waals surface area contributed by atoms with Crippen LogP contribution in [0.15, 0.2) is 23.1 Å². The molecule has 5 heteroatoms. The Balaban J connectivity index is 2.11. The molecule has 0 unspecified atom stereocenters. The van der Waals surface area contributed by atoms with Gasteiger partial charge in [0.15, 0.2) is 0 Å². The normalized spacial score (nSPS) is 16.9. The lowest BCUT2D eigenvalue weighted by Gasteiger charge is -2.37. The molecule has 0 amide bonds. The van der Waals surface area contributed by atoms with E-state index in [1.807, 2.05) is 0 Å². The first-order chi connectivity index (χ1) is 9.30. The molecule has 0 radical (unpaired) electrons. The molecule has 1 saturated heterocycles. The molecule has 3 N–H and O–H groups in total. The number of rotatable bonds is 5. The van der Waals surface area contributed by atoms with Gasteiger partial charge in [0.2, 0.25) is 0 Å². The molecule has 1 aromatic carbocycles. The van der Waals surface area contributed by atoms with E-state index in [-0.39, 0.29) is 6.61 Å². The highest BCUT2D eigenvalue weighted by molar-refractivity contribution is 7.98. The van der Waals surface area contributed by atoms with E-state index in [2.05, 4.69) is 34.3 Å². The van der Waals surface area contributed by atoms with Crippen molar-refractivity contribution in [1.82, 2.24) is 4.90 Å². The SMILES string of the molecule is CSc1cccc(N2CCN(CCO)CC2)c1CN. The summed E-state index contributed by atoms with van der Waals surface area (Å²) in [5.74, 6) is 0. The highest BCUT2D eigenvalue weighted by atomic mass is 32.2. The first-order valence-electron chi connectivity index (χ1n) is 6.74. The average molecular weight is 281 g/mol. The second-order valence-electron chi connectivity index (χ2n) is 4.71. The van der Waals surface area contributed by atoms with E-state index in [0.717, 1.165) is 32.7 Å². The Labute approximate surface area is 119 Å². The molecular formula is C14H23N3OS. The summed E-state index contributed by atoms with van der Waals surface area (Å²) in [5.41, 5.74) is 8.46. The molecule has 4 nitrogen and oxygen atoms in total. The summed E-state index contributed by atoms with van der Waals surface area (Å²) < 4.78 is 0. The summed E-state index contributed by atoms with van der Waals surface area (Å²) in [4.78, 5) is 5.99. The van der Waals surface area contributed by atoms with Crippen LogP contribution in [0.4, 0.5) is 5.69 Å². The van der Waals surface area contributed by atoms with Crippen molar-refractivity contribution in [2.24, 2.45) is 5.73 Å². The van der Waals surface area contributed by atoms with Crippen LogP contribution in [0, 0.1) is 0 Å². The number of β-amino-alcohol motifs (C(OH)–C–C–N with tert-alkyl or cyclic N) is 1. The van der Waals surface area contributed by atoms with Crippen molar-refractivity contribution >= 4 is 17.4 Å². The molecule has 1 fully saturated rings. The standard InChI is InChI=1S/C14H23N3OS/c1-19-14-4-2-3-13(12(14)11-15)17-7-5-16(6-8-17)9-10-18/h2-4,18H,5-11,15H2,1H3. The second-order valence-corrected chi connectivity index (χ2v) is 5.56. The molecule has 19 heavy (non-hydrogen) atoms. The molecule has 0 bridgehead atoms. The summed E-state index contributed by atoms with van der Waals surface area (Å²) in [5, 5.41) is 8.98. The van der Waals surface area contributed by atoms with E-state index in [1.165, 1.54) is 16.1 Å². The fraction of sp³-hybridized carbons (Fsp3) is 0.571. The summed E-state index contributed by atoms with van der Waals surface area (Å²) in [6.45, 7) is 5.64. The minimum absolute atomic E-state index is 0.246. The van der Waals surface area contributed by atoms with Gasteiger partial charge in [-0.05, 0) is 18.4 Å². The topological polar surface area (TPSA) is 52.7 Å². The van der Waals surface area contributed by atoms with Gasteiger partial charge in [-0.25, -0.2) is 0 Å². The van der Waals surface area contributed by atoms with E-state index in [0.29, 0.717) is 6.54 Å². The van der Waals surface area contributed by atoms with Crippen LogP contribution < -0.4 is 10.6 Å². The summed E-state index contributed by atoms with van der Waals surface area (Å²) >= 11 is 1.76. The van der Waals surface area contributed by atoms with Crippen molar-refractivity contribution in [3.63, 3.8) is 0 Å². The van der Waals surface area contributed by atoms with Crippen molar-refractivity contribution in [2.75, 3.05) is 50.5 Å². The maximum Gasteiger partial charge on any atom is 0.0558 e. The van der Waals surface area contributed by atoms with Gasteiger partial charge in [0, 0.05) is 55.4 Å². The number of aliphatic hydroxyl groups excluding tert-OH is 1. The third kappa shape index (κ3) is 3.42. The van der Waals surface area contributed by atoms with Gasteiger partial charge in [0.25, 0.3) is 0 Å². The van der Waals surface area contributed by atoms with Crippen LogP contribution in [-0.4, -0.2) is 55.6 Å². The zero-order valence-electron chi connectivity index (χ0n) is 11.5. The van der Waals surface area contributed by atoms with Gasteiger partial charge in [0.1, 0.15) is 0 Å². The Bertz CT molecular complexity index is 406. The number of benzene rings is 1. The fourth-order valence-electron chi connectivity index (χ4n) is 2.60. The van der Waals surface area contributed by atoms with Crippen molar-refractivity contribution in [1.29, 1.82) is 0 Å². The third-order valence-electron chi connectivity index (χ3n) is 3.66. The molecule has 0 saturated carbocycles. The highest BCUT2D eigenvalue weighted by Gasteiger charge is 2.19. The van der Waals surface area contributed by atoms with Crippen LogP contribution in [0.25, 0.3) is 0 Å². The van der Waals surface area contributed by atoms with Gasteiger partial charge in [-0.1, -0.05) is 6.07 Å². The quantitative estimate of drug-likeness (QED) is 0.788. The van der Waals surface area contributed by atoms with E-state index in [9.17, 15) is 0 Å². The Morgan fingerprint density at radius 1 is 1.26 bits per heavy atom. The van der Waals surface area contributed by atoms with Crippen LogP contribution in [0.3, 0.4) is 0 Å². The zero-order chi connectivity index (χ0) is 13.7. The average Bonchev–Trinajstić information content (AvgIpc) is 2.47. The first kappa shape index (κ1) is 14.7. The van der Waals surface area contributed by atoms with Crippen molar-refractivity contribution in [3.05, 3.63) is 23.8 Å². The largest absolute Gasteiger partial charge is 0.395 e. The number of nitrogens with two attached hydrogens (primary N) is 1. The Hall–Kier alpha value is -0.750. The minimum Gasteiger partial charge on any atom is -0.395 e. The number of aliphatic hydroxyl groups is 1.